The van der Waals surface area contributed by atoms with Crippen molar-refractivity contribution in [3.8, 4) is 0 Å². The van der Waals surface area contributed by atoms with Crippen LogP contribution >= 0.6 is 23.7 Å². The third kappa shape index (κ3) is 3.20. The topological polar surface area (TPSA) is 41.1 Å². The number of nitrogens with one attached hydrogen (secondary N) is 2. The molecule has 90 valence electrons. The van der Waals surface area contributed by atoms with E-state index in [1.807, 2.05) is 18.4 Å². The van der Waals surface area contributed by atoms with E-state index in [4.69, 9.17) is 0 Å². The maximum Gasteiger partial charge on any atom is 0.237 e. The van der Waals surface area contributed by atoms with Crippen molar-refractivity contribution in [1.82, 2.24) is 10.6 Å². The minimum Gasteiger partial charge on any atom is -0.347 e. The SMILES string of the molecule is CC(NC(=O)[C@@H]1CCCN1)c1cccs1.Cl. The van der Waals surface area contributed by atoms with Gasteiger partial charge in [0.25, 0.3) is 0 Å². The van der Waals surface area contributed by atoms with E-state index >= 15 is 0 Å². The summed E-state index contributed by atoms with van der Waals surface area (Å²) in [6.07, 6.45) is 2.06. The van der Waals surface area contributed by atoms with Crippen LogP contribution in [0.4, 0.5) is 0 Å². The summed E-state index contributed by atoms with van der Waals surface area (Å²) < 4.78 is 0. The molecule has 0 saturated carbocycles. The van der Waals surface area contributed by atoms with Crippen LogP contribution in [-0.2, 0) is 4.79 Å². The molecule has 2 N–H and O–H groups in total. The Balaban J connectivity index is 0.00000128. The average Bonchev–Trinajstić information content (AvgIpc) is 2.91. The Kier molecular flexibility index (Phi) is 5.25. The standard InChI is InChI=1S/C11H16N2OS.ClH/c1-8(10-5-3-7-15-10)13-11(14)9-4-2-6-12-9;/h3,5,7-9,12H,2,4,6H2,1H3,(H,13,14);1H/t8?,9-;/m0./s1. The first kappa shape index (κ1) is 13.5. The highest BCUT2D eigenvalue weighted by atomic mass is 35.5. The van der Waals surface area contributed by atoms with Crippen LogP contribution in [0.15, 0.2) is 17.5 Å². The second-order valence-electron chi connectivity index (χ2n) is 3.89. The first-order chi connectivity index (χ1) is 7.27. The lowest BCUT2D eigenvalue weighted by molar-refractivity contribution is -0.123. The summed E-state index contributed by atoms with van der Waals surface area (Å²) in [4.78, 5) is 13.0. The molecule has 0 aliphatic carbocycles. The van der Waals surface area contributed by atoms with E-state index in [9.17, 15) is 4.79 Å². The van der Waals surface area contributed by atoms with Crippen LogP contribution in [0.1, 0.15) is 30.7 Å². The number of hydrogen-bond acceptors (Lipinski definition) is 3. The van der Waals surface area contributed by atoms with Crippen molar-refractivity contribution in [3.05, 3.63) is 22.4 Å². The molecule has 3 nitrogen and oxygen atoms in total. The molecular weight excluding hydrogens is 244 g/mol. The summed E-state index contributed by atoms with van der Waals surface area (Å²) in [5, 5.41) is 8.27. The van der Waals surface area contributed by atoms with Crippen LogP contribution in [0.5, 0.6) is 0 Å². The van der Waals surface area contributed by atoms with E-state index in [0.29, 0.717) is 0 Å². The van der Waals surface area contributed by atoms with E-state index in [1.54, 1.807) is 11.3 Å². The molecule has 1 unspecified atom stereocenters. The van der Waals surface area contributed by atoms with Crippen molar-refractivity contribution in [2.75, 3.05) is 6.54 Å². The minimum atomic E-state index is 0. The van der Waals surface area contributed by atoms with Crippen molar-refractivity contribution in [1.29, 1.82) is 0 Å². The van der Waals surface area contributed by atoms with Gasteiger partial charge in [-0.15, -0.1) is 23.7 Å². The van der Waals surface area contributed by atoms with Gasteiger partial charge in [-0.3, -0.25) is 4.79 Å². The summed E-state index contributed by atoms with van der Waals surface area (Å²) in [5.74, 6) is 0.133. The van der Waals surface area contributed by atoms with E-state index in [-0.39, 0.29) is 30.4 Å². The Labute approximate surface area is 106 Å². The smallest absolute Gasteiger partial charge is 0.237 e. The summed E-state index contributed by atoms with van der Waals surface area (Å²) in [6.45, 7) is 2.99. The molecule has 1 aliphatic heterocycles. The van der Waals surface area contributed by atoms with Gasteiger partial charge in [0.05, 0.1) is 12.1 Å². The van der Waals surface area contributed by atoms with Crippen LogP contribution in [0.2, 0.25) is 0 Å². The summed E-state index contributed by atoms with van der Waals surface area (Å²) in [5.41, 5.74) is 0. The number of thiophene rings is 1. The molecule has 2 atom stereocenters. The zero-order valence-corrected chi connectivity index (χ0v) is 10.9. The second kappa shape index (κ2) is 6.23. The molecule has 0 aromatic carbocycles. The monoisotopic (exact) mass is 260 g/mol. The maximum absolute atomic E-state index is 11.8. The molecule has 2 heterocycles. The quantitative estimate of drug-likeness (QED) is 0.874. The molecule has 2 rings (SSSR count). The van der Waals surface area contributed by atoms with Crippen LogP contribution in [0, 0.1) is 0 Å². The average molecular weight is 261 g/mol. The van der Waals surface area contributed by atoms with E-state index in [2.05, 4.69) is 16.7 Å². The third-order valence-electron chi connectivity index (χ3n) is 2.71. The highest BCUT2D eigenvalue weighted by Gasteiger charge is 2.23. The molecule has 0 spiro atoms. The molecule has 0 bridgehead atoms. The lowest BCUT2D eigenvalue weighted by atomic mass is 10.2. The Morgan fingerprint density at radius 1 is 1.69 bits per heavy atom. The van der Waals surface area contributed by atoms with Crippen molar-refractivity contribution < 1.29 is 4.79 Å². The van der Waals surface area contributed by atoms with Crippen molar-refractivity contribution in [2.24, 2.45) is 0 Å². The van der Waals surface area contributed by atoms with E-state index in [0.717, 1.165) is 19.4 Å². The molecule has 5 heteroatoms. The fourth-order valence-corrected chi connectivity index (χ4v) is 2.57. The van der Waals surface area contributed by atoms with Crippen LogP contribution < -0.4 is 10.6 Å². The number of carbonyl (C=O) groups is 1. The maximum atomic E-state index is 11.8. The van der Waals surface area contributed by atoms with Gasteiger partial charge < -0.3 is 10.6 Å². The normalized spacial score (nSPS) is 21.2. The number of rotatable bonds is 3. The molecule has 1 amide bonds. The first-order valence-electron chi connectivity index (χ1n) is 5.34. The molecule has 1 aromatic heterocycles. The Bertz CT molecular complexity index is 323. The zero-order chi connectivity index (χ0) is 10.7. The lowest BCUT2D eigenvalue weighted by Gasteiger charge is -2.15. The van der Waals surface area contributed by atoms with Gasteiger partial charge in [-0.1, -0.05) is 6.07 Å². The lowest BCUT2D eigenvalue weighted by Crippen LogP contribution is -2.41. The fourth-order valence-electron chi connectivity index (χ4n) is 1.83. The van der Waals surface area contributed by atoms with Gasteiger partial charge in [-0.25, -0.2) is 0 Å². The Morgan fingerprint density at radius 3 is 3.06 bits per heavy atom. The van der Waals surface area contributed by atoms with Gasteiger partial charge in [-0.05, 0) is 37.8 Å². The van der Waals surface area contributed by atoms with Gasteiger partial charge in [0, 0.05) is 4.88 Å². The Hall–Kier alpha value is -0.580. The highest BCUT2D eigenvalue weighted by Crippen LogP contribution is 2.18. The second-order valence-corrected chi connectivity index (χ2v) is 4.87. The van der Waals surface area contributed by atoms with E-state index in [1.165, 1.54) is 4.88 Å². The molecule has 1 fully saturated rings. The van der Waals surface area contributed by atoms with Crippen LogP contribution in [0.25, 0.3) is 0 Å². The van der Waals surface area contributed by atoms with Crippen molar-refractivity contribution in [2.45, 2.75) is 31.8 Å². The molecule has 1 aliphatic rings. The van der Waals surface area contributed by atoms with Crippen molar-refractivity contribution in [3.63, 3.8) is 0 Å². The summed E-state index contributed by atoms with van der Waals surface area (Å²) in [6, 6.07) is 4.21. The highest BCUT2D eigenvalue weighted by molar-refractivity contribution is 7.10. The van der Waals surface area contributed by atoms with Crippen LogP contribution in [-0.4, -0.2) is 18.5 Å². The van der Waals surface area contributed by atoms with Gasteiger partial charge in [0.15, 0.2) is 0 Å². The molecule has 1 saturated heterocycles. The summed E-state index contributed by atoms with van der Waals surface area (Å²) >= 11 is 1.68. The molecule has 16 heavy (non-hydrogen) atoms. The first-order valence-corrected chi connectivity index (χ1v) is 6.22. The number of carbonyl (C=O) groups excluding carboxylic acids is 1. The van der Waals surface area contributed by atoms with Gasteiger partial charge in [0.2, 0.25) is 5.91 Å². The number of hydrogen-bond donors (Lipinski definition) is 2. The van der Waals surface area contributed by atoms with Gasteiger partial charge in [0.1, 0.15) is 0 Å². The predicted octanol–water partition coefficient (Wildman–Crippen LogP) is 2.10. The summed E-state index contributed by atoms with van der Waals surface area (Å²) in [7, 11) is 0. The number of halogens is 1. The molecule has 0 radical (unpaired) electrons. The molecule has 1 aromatic rings. The van der Waals surface area contributed by atoms with Crippen molar-refractivity contribution >= 4 is 29.7 Å². The predicted molar refractivity (Wildman–Crippen MR) is 69.1 cm³/mol. The zero-order valence-electron chi connectivity index (χ0n) is 9.23. The van der Waals surface area contributed by atoms with Crippen LogP contribution in [0.3, 0.4) is 0 Å². The van der Waals surface area contributed by atoms with Gasteiger partial charge >= 0.3 is 0 Å². The third-order valence-corrected chi connectivity index (χ3v) is 3.76. The minimum absolute atomic E-state index is 0. The largest absolute Gasteiger partial charge is 0.347 e. The number of amides is 1. The Morgan fingerprint density at radius 2 is 2.50 bits per heavy atom. The fraction of sp³-hybridized carbons (Fsp3) is 0.545. The van der Waals surface area contributed by atoms with Gasteiger partial charge in [-0.2, -0.15) is 0 Å². The molecular formula is C11H17ClN2OS. The van der Waals surface area contributed by atoms with E-state index < -0.39 is 0 Å².